The molecule has 1 aliphatic heterocycles. The summed E-state index contributed by atoms with van der Waals surface area (Å²) in [5, 5.41) is 10.7. The van der Waals surface area contributed by atoms with Crippen molar-refractivity contribution in [2.45, 2.75) is 12.1 Å². The predicted octanol–water partition coefficient (Wildman–Crippen LogP) is 2.16. The Morgan fingerprint density at radius 2 is 1.56 bits per heavy atom. The van der Waals surface area contributed by atoms with Gasteiger partial charge in [-0.2, -0.15) is 0 Å². The van der Waals surface area contributed by atoms with Crippen molar-refractivity contribution < 1.29 is 24.2 Å². The molecule has 1 N–H and O–H groups in total. The van der Waals surface area contributed by atoms with E-state index in [0.717, 1.165) is 15.6 Å². The Hall–Kier alpha value is -2.26. The highest BCUT2D eigenvalue weighted by atomic mass is 127. The molecule has 2 amide bonds. The number of fused-ring (bicyclic) bond motifs is 1. The number of carbonyl (C=O) groups excluding carboxylic acids is 3. The number of aliphatic hydroxyl groups is 1. The molecular weight excluding hydrogens is 437 g/mol. The molecule has 0 radical (unpaired) electrons. The molecule has 0 aliphatic carbocycles. The molecule has 0 saturated carbocycles. The lowest BCUT2D eigenvalue weighted by atomic mass is 10.0. The van der Waals surface area contributed by atoms with E-state index in [2.05, 4.69) is 22.6 Å². The van der Waals surface area contributed by atoms with E-state index in [-0.39, 0.29) is 11.1 Å². The SMILES string of the molecule is COC(=O)[C@H]([C@H](O)c1ccc(I)cc1)N1C(=O)c2ccccc2C1=O. The molecule has 1 aliphatic rings. The van der Waals surface area contributed by atoms with E-state index in [1.165, 1.54) is 12.1 Å². The molecule has 0 bridgehead atoms. The Labute approximate surface area is 157 Å². The van der Waals surface area contributed by atoms with Crippen LogP contribution in [0.2, 0.25) is 0 Å². The van der Waals surface area contributed by atoms with Crippen LogP contribution in [0.25, 0.3) is 0 Å². The van der Waals surface area contributed by atoms with E-state index in [0.29, 0.717) is 5.56 Å². The number of carbonyl (C=O) groups is 3. The zero-order chi connectivity index (χ0) is 18.1. The molecule has 2 atom stereocenters. The quantitative estimate of drug-likeness (QED) is 0.438. The minimum Gasteiger partial charge on any atom is -0.467 e. The summed E-state index contributed by atoms with van der Waals surface area (Å²) in [5.74, 6) is -2.11. The third-order valence-electron chi connectivity index (χ3n) is 4.06. The average molecular weight is 451 g/mol. The van der Waals surface area contributed by atoms with E-state index >= 15 is 0 Å². The highest BCUT2D eigenvalue weighted by Crippen LogP contribution is 2.30. The maximum atomic E-state index is 12.6. The third-order valence-corrected chi connectivity index (χ3v) is 4.78. The summed E-state index contributed by atoms with van der Waals surface area (Å²) < 4.78 is 5.69. The molecule has 1 heterocycles. The lowest BCUT2D eigenvalue weighted by Crippen LogP contribution is -2.49. The van der Waals surface area contributed by atoms with E-state index < -0.39 is 29.9 Å². The number of ether oxygens (including phenoxy) is 1. The highest BCUT2D eigenvalue weighted by Gasteiger charge is 2.46. The lowest BCUT2D eigenvalue weighted by molar-refractivity contribution is -0.149. The molecule has 0 fully saturated rings. The molecule has 25 heavy (non-hydrogen) atoms. The van der Waals surface area contributed by atoms with Crippen LogP contribution in [0, 0.1) is 3.57 Å². The number of hydrogen-bond acceptors (Lipinski definition) is 5. The molecule has 0 saturated heterocycles. The molecule has 2 aromatic carbocycles. The van der Waals surface area contributed by atoms with Crippen molar-refractivity contribution in [3.8, 4) is 0 Å². The van der Waals surface area contributed by atoms with Gasteiger partial charge >= 0.3 is 5.97 Å². The van der Waals surface area contributed by atoms with Gasteiger partial charge in [0.1, 0.15) is 6.10 Å². The summed E-state index contributed by atoms with van der Waals surface area (Å²) in [6.07, 6.45) is -1.40. The molecule has 0 spiro atoms. The van der Waals surface area contributed by atoms with Crippen LogP contribution in [0.5, 0.6) is 0 Å². The van der Waals surface area contributed by atoms with Gasteiger partial charge in [-0.3, -0.25) is 14.5 Å². The van der Waals surface area contributed by atoms with Gasteiger partial charge in [-0.1, -0.05) is 24.3 Å². The first-order chi connectivity index (χ1) is 12.0. The first-order valence-corrected chi connectivity index (χ1v) is 8.52. The number of methoxy groups -OCH3 is 1. The first-order valence-electron chi connectivity index (χ1n) is 7.44. The molecule has 6 nitrogen and oxygen atoms in total. The lowest BCUT2D eigenvalue weighted by Gasteiger charge is -2.28. The molecule has 128 valence electrons. The fraction of sp³-hybridized carbons (Fsp3) is 0.167. The second-order valence-corrected chi connectivity index (χ2v) is 6.74. The molecule has 0 unspecified atom stereocenters. The maximum Gasteiger partial charge on any atom is 0.332 e. The normalized spacial score (nSPS) is 15.7. The summed E-state index contributed by atoms with van der Waals surface area (Å²) in [6, 6.07) is 11.6. The average Bonchev–Trinajstić information content (AvgIpc) is 2.88. The Balaban J connectivity index is 2.03. The fourth-order valence-corrected chi connectivity index (χ4v) is 3.16. The van der Waals surface area contributed by atoms with Crippen LogP contribution in [0.1, 0.15) is 32.4 Å². The van der Waals surface area contributed by atoms with Gasteiger partial charge in [0.15, 0.2) is 6.04 Å². The zero-order valence-corrected chi connectivity index (χ0v) is 15.3. The van der Waals surface area contributed by atoms with E-state index in [1.807, 2.05) is 0 Å². The molecule has 7 heteroatoms. The summed E-state index contributed by atoms with van der Waals surface area (Å²) >= 11 is 2.11. The van der Waals surface area contributed by atoms with E-state index in [4.69, 9.17) is 4.74 Å². The Bertz CT molecular complexity index is 814. The smallest absolute Gasteiger partial charge is 0.332 e. The van der Waals surface area contributed by atoms with Crippen LogP contribution in [-0.4, -0.2) is 40.9 Å². The van der Waals surface area contributed by atoms with Crippen LogP contribution >= 0.6 is 22.6 Å². The second-order valence-electron chi connectivity index (χ2n) is 5.49. The summed E-state index contributed by atoms with van der Waals surface area (Å²) in [6.45, 7) is 0. The van der Waals surface area contributed by atoms with Crippen molar-refractivity contribution in [1.82, 2.24) is 4.90 Å². The monoisotopic (exact) mass is 451 g/mol. The maximum absolute atomic E-state index is 12.6. The summed E-state index contributed by atoms with van der Waals surface area (Å²) in [5.41, 5.74) is 0.819. The van der Waals surface area contributed by atoms with Gasteiger partial charge in [-0.15, -0.1) is 0 Å². The predicted molar refractivity (Wildman–Crippen MR) is 96.9 cm³/mol. The number of benzene rings is 2. The van der Waals surface area contributed by atoms with Crippen LogP contribution in [-0.2, 0) is 9.53 Å². The number of hydrogen-bond donors (Lipinski definition) is 1. The van der Waals surface area contributed by atoms with Crippen molar-refractivity contribution in [2.24, 2.45) is 0 Å². The number of esters is 1. The highest BCUT2D eigenvalue weighted by molar-refractivity contribution is 14.1. The Kier molecular flexibility index (Phi) is 4.87. The van der Waals surface area contributed by atoms with E-state index in [1.54, 1.807) is 36.4 Å². The number of rotatable bonds is 4. The standard InChI is InChI=1S/C18H14INO5/c1-25-18(24)14(15(21)10-6-8-11(19)9-7-10)20-16(22)12-4-2-3-5-13(12)17(20)23/h2-9,14-15,21H,1H3/t14-,15+/m0/s1. The number of halogens is 1. The summed E-state index contributed by atoms with van der Waals surface area (Å²) in [7, 11) is 1.15. The van der Waals surface area contributed by atoms with Gasteiger partial charge in [0, 0.05) is 3.57 Å². The first kappa shape index (κ1) is 17.6. The van der Waals surface area contributed by atoms with Crippen molar-refractivity contribution >= 4 is 40.4 Å². The van der Waals surface area contributed by atoms with Gasteiger partial charge in [0.25, 0.3) is 11.8 Å². The zero-order valence-electron chi connectivity index (χ0n) is 13.2. The summed E-state index contributed by atoms with van der Waals surface area (Å²) in [4.78, 5) is 38.4. The van der Waals surface area contributed by atoms with Crippen molar-refractivity contribution in [1.29, 1.82) is 0 Å². The minimum absolute atomic E-state index is 0.205. The van der Waals surface area contributed by atoms with Crippen LogP contribution in [0.3, 0.4) is 0 Å². The minimum atomic E-state index is -1.46. The van der Waals surface area contributed by atoms with Crippen LogP contribution in [0.15, 0.2) is 48.5 Å². The van der Waals surface area contributed by atoms with Gasteiger partial charge in [-0.05, 0) is 52.4 Å². The van der Waals surface area contributed by atoms with Crippen LogP contribution < -0.4 is 0 Å². The fourth-order valence-electron chi connectivity index (χ4n) is 2.80. The van der Waals surface area contributed by atoms with Gasteiger partial charge in [0.2, 0.25) is 0 Å². The third kappa shape index (κ3) is 3.05. The van der Waals surface area contributed by atoms with Crippen LogP contribution in [0.4, 0.5) is 0 Å². The molecule has 0 aromatic heterocycles. The number of amides is 2. The van der Waals surface area contributed by atoms with Crippen molar-refractivity contribution in [3.05, 3.63) is 68.8 Å². The van der Waals surface area contributed by atoms with Crippen molar-refractivity contribution in [2.75, 3.05) is 7.11 Å². The second kappa shape index (κ2) is 6.93. The van der Waals surface area contributed by atoms with E-state index in [9.17, 15) is 19.5 Å². The Morgan fingerprint density at radius 1 is 1.04 bits per heavy atom. The largest absolute Gasteiger partial charge is 0.467 e. The number of imide groups is 1. The number of aliphatic hydroxyl groups excluding tert-OH is 1. The van der Waals surface area contributed by atoms with Gasteiger partial charge < -0.3 is 9.84 Å². The topological polar surface area (TPSA) is 83.9 Å². The molecular formula is C18H14INO5. The number of nitrogens with zero attached hydrogens (tertiary/aromatic N) is 1. The van der Waals surface area contributed by atoms with Gasteiger partial charge in [-0.25, -0.2) is 4.79 Å². The Morgan fingerprint density at radius 3 is 2.04 bits per heavy atom. The molecule has 2 aromatic rings. The van der Waals surface area contributed by atoms with Gasteiger partial charge in [0.05, 0.1) is 18.2 Å². The molecule has 3 rings (SSSR count). The van der Waals surface area contributed by atoms with Crippen molar-refractivity contribution in [3.63, 3.8) is 0 Å².